The lowest BCUT2D eigenvalue weighted by Gasteiger charge is -1.92. The van der Waals surface area contributed by atoms with Crippen LogP contribution in [0.5, 0.6) is 0 Å². The van der Waals surface area contributed by atoms with Gasteiger partial charge < -0.3 is 5.11 Å². The number of aliphatic imine (C=N–C) groups is 1. The summed E-state index contributed by atoms with van der Waals surface area (Å²) in [4.78, 5) is 12.2. The molecule has 1 N–H and O–H groups in total. The minimum atomic E-state index is -0.0742. The Morgan fingerprint density at radius 3 is 1.65 bits per heavy atom. The number of nitrogens with zero attached hydrogens (tertiary/aromatic N) is 1. The van der Waals surface area contributed by atoms with Crippen LogP contribution >= 0.6 is 0 Å². The summed E-state index contributed by atoms with van der Waals surface area (Å²) >= 11 is 0. The molecule has 0 atom stereocenters. The molecule has 0 unspecified atom stereocenters. The summed E-state index contributed by atoms with van der Waals surface area (Å²) in [5.41, 5.74) is 2.47. The molecule has 3 heteroatoms. The van der Waals surface area contributed by atoms with E-state index in [2.05, 4.69) is 41.4 Å². The van der Waals surface area contributed by atoms with Crippen LogP contribution in [0.15, 0.2) is 65.7 Å². The highest BCUT2D eigenvalue weighted by molar-refractivity contribution is 5.69. The Morgan fingerprint density at radius 1 is 0.900 bits per heavy atom. The quantitative estimate of drug-likeness (QED) is 0.525. The Balaban J connectivity index is 0.000000286. The summed E-state index contributed by atoms with van der Waals surface area (Å²) in [5.74, 6) is 0. The summed E-state index contributed by atoms with van der Waals surface area (Å²) in [5, 5.41) is 7.92. The van der Waals surface area contributed by atoms with Gasteiger partial charge in [-0.1, -0.05) is 72.8 Å². The second-order valence-electron chi connectivity index (χ2n) is 3.85. The number of rotatable bonds is 4. The van der Waals surface area contributed by atoms with E-state index in [0.29, 0.717) is 0 Å². The highest BCUT2D eigenvalue weighted by Crippen LogP contribution is 2.06. The Kier molecular flexibility index (Phi) is 8.13. The molecule has 0 aromatic heterocycles. The fourth-order valence-electron chi connectivity index (χ4n) is 1.42. The van der Waals surface area contributed by atoms with Crippen LogP contribution in [0.3, 0.4) is 0 Å². The van der Waals surface area contributed by atoms with Crippen LogP contribution in [0.4, 0.5) is 0 Å². The van der Waals surface area contributed by atoms with Gasteiger partial charge in [-0.15, -0.1) is 0 Å². The van der Waals surface area contributed by atoms with Gasteiger partial charge in [0.1, 0.15) is 0 Å². The zero-order chi connectivity index (χ0) is 14.5. The summed E-state index contributed by atoms with van der Waals surface area (Å²) in [6, 6.07) is 20.6. The maximum Gasteiger partial charge on any atom is 0.235 e. The molecule has 0 saturated heterocycles. The van der Waals surface area contributed by atoms with E-state index in [1.807, 2.05) is 36.4 Å². The van der Waals surface area contributed by atoms with Crippen LogP contribution in [0.25, 0.3) is 12.2 Å². The molecule has 0 saturated carbocycles. The van der Waals surface area contributed by atoms with Crippen molar-refractivity contribution < 1.29 is 9.90 Å². The van der Waals surface area contributed by atoms with Gasteiger partial charge >= 0.3 is 0 Å². The SMILES string of the molecule is C(=Cc1ccccc1)c1ccccc1.O=C=NCCO. The van der Waals surface area contributed by atoms with Crippen molar-refractivity contribution >= 4 is 18.2 Å². The fraction of sp³-hybridized carbons (Fsp3) is 0.118. The molecular formula is C17H17NO2. The Labute approximate surface area is 118 Å². The van der Waals surface area contributed by atoms with E-state index in [-0.39, 0.29) is 13.2 Å². The molecule has 0 aliphatic heterocycles. The fourth-order valence-corrected chi connectivity index (χ4v) is 1.42. The van der Waals surface area contributed by atoms with E-state index in [1.54, 1.807) is 0 Å². The van der Waals surface area contributed by atoms with Gasteiger partial charge in [0.05, 0.1) is 13.2 Å². The zero-order valence-corrected chi connectivity index (χ0v) is 11.1. The average molecular weight is 267 g/mol. The molecule has 0 amide bonds. The lowest BCUT2D eigenvalue weighted by molar-refractivity contribution is 0.306. The summed E-state index contributed by atoms with van der Waals surface area (Å²) in [7, 11) is 0. The Hall–Kier alpha value is -2.48. The average Bonchev–Trinajstić information content (AvgIpc) is 2.53. The van der Waals surface area contributed by atoms with Crippen molar-refractivity contribution in [3.8, 4) is 0 Å². The van der Waals surface area contributed by atoms with Crippen molar-refractivity contribution in [2.24, 2.45) is 4.99 Å². The minimum absolute atomic E-state index is 0.0742. The molecule has 2 aromatic rings. The van der Waals surface area contributed by atoms with Crippen molar-refractivity contribution in [1.29, 1.82) is 0 Å². The van der Waals surface area contributed by atoms with Crippen molar-refractivity contribution in [1.82, 2.24) is 0 Å². The largest absolute Gasteiger partial charge is 0.394 e. The molecule has 2 aromatic carbocycles. The van der Waals surface area contributed by atoms with Gasteiger partial charge in [0.15, 0.2) is 0 Å². The van der Waals surface area contributed by atoms with E-state index < -0.39 is 0 Å². The van der Waals surface area contributed by atoms with Gasteiger partial charge in [0.2, 0.25) is 6.08 Å². The molecule has 0 spiro atoms. The van der Waals surface area contributed by atoms with Gasteiger partial charge in [-0.25, -0.2) is 9.79 Å². The first-order valence-corrected chi connectivity index (χ1v) is 6.29. The molecule has 0 aliphatic carbocycles. The van der Waals surface area contributed by atoms with E-state index in [0.717, 1.165) is 0 Å². The number of aliphatic hydroxyl groups excluding tert-OH is 1. The number of hydrogen-bond donors (Lipinski definition) is 1. The molecule has 2 rings (SSSR count). The first-order chi connectivity index (χ1) is 9.86. The highest BCUT2D eigenvalue weighted by atomic mass is 16.3. The van der Waals surface area contributed by atoms with Gasteiger partial charge in [0.25, 0.3) is 0 Å². The molecule has 0 radical (unpaired) electrons. The topological polar surface area (TPSA) is 49.7 Å². The van der Waals surface area contributed by atoms with Crippen LogP contribution < -0.4 is 0 Å². The van der Waals surface area contributed by atoms with E-state index in [9.17, 15) is 0 Å². The van der Waals surface area contributed by atoms with Crippen molar-refractivity contribution in [2.75, 3.05) is 13.2 Å². The normalized spacial score (nSPS) is 9.45. The predicted octanol–water partition coefficient (Wildman–Crippen LogP) is 3.17. The third kappa shape index (κ3) is 7.07. The predicted molar refractivity (Wildman–Crippen MR) is 81.9 cm³/mol. The van der Waals surface area contributed by atoms with Crippen LogP contribution in [-0.2, 0) is 4.79 Å². The Bertz CT molecular complexity index is 502. The first-order valence-electron chi connectivity index (χ1n) is 6.29. The van der Waals surface area contributed by atoms with Gasteiger partial charge in [-0.05, 0) is 11.1 Å². The van der Waals surface area contributed by atoms with Crippen LogP contribution in [-0.4, -0.2) is 24.3 Å². The highest BCUT2D eigenvalue weighted by Gasteiger charge is 1.84. The van der Waals surface area contributed by atoms with Crippen LogP contribution in [0.1, 0.15) is 11.1 Å². The number of aliphatic hydroxyl groups is 1. The molecule has 0 fully saturated rings. The zero-order valence-electron chi connectivity index (χ0n) is 11.1. The smallest absolute Gasteiger partial charge is 0.235 e. The van der Waals surface area contributed by atoms with E-state index >= 15 is 0 Å². The lowest BCUT2D eigenvalue weighted by atomic mass is 10.1. The summed E-state index contributed by atoms with van der Waals surface area (Å²) < 4.78 is 0. The monoisotopic (exact) mass is 267 g/mol. The molecule has 0 bridgehead atoms. The molecular weight excluding hydrogens is 250 g/mol. The minimum Gasteiger partial charge on any atom is -0.394 e. The molecule has 102 valence electrons. The third-order valence-electron chi connectivity index (χ3n) is 2.34. The van der Waals surface area contributed by atoms with E-state index in [1.165, 1.54) is 17.2 Å². The van der Waals surface area contributed by atoms with Crippen LogP contribution in [0.2, 0.25) is 0 Å². The standard InChI is InChI=1S/C14H12.C3H5NO2/c1-3-7-13(8-4-1)11-12-14-9-5-2-6-10-14;5-2-1-4-3-6/h1-12H;5H,1-2H2. The number of carbonyl (C=O) groups excluding carboxylic acids is 1. The van der Waals surface area contributed by atoms with Crippen molar-refractivity contribution in [3.05, 3.63) is 71.8 Å². The van der Waals surface area contributed by atoms with E-state index in [4.69, 9.17) is 9.90 Å². The first kappa shape index (κ1) is 15.6. The second kappa shape index (κ2) is 10.4. The number of isocyanates is 1. The molecule has 0 heterocycles. The van der Waals surface area contributed by atoms with Crippen molar-refractivity contribution in [2.45, 2.75) is 0 Å². The summed E-state index contributed by atoms with van der Waals surface area (Å²) in [6.07, 6.45) is 5.52. The molecule has 0 aliphatic rings. The second-order valence-corrected chi connectivity index (χ2v) is 3.85. The Morgan fingerprint density at radius 2 is 1.35 bits per heavy atom. The lowest BCUT2D eigenvalue weighted by Crippen LogP contribution is -1.83. The maximum absolute atomic E-state index is 9.16. The van der Waals surface area contributed by atoms with Crippen LogP contribution in [0, 0.1) is 0 Å². The third-order valence-corrected chi connectivity index (χ3v) is 2.34. The molecule has 3 nitrogen and oxygen atoms in total. The maximum atomic E-state index is 9.16. The summed E-state index contributed by atoms with van der Waals surface area (Å²) in [6.45, 7) is 0.0960. The number of benzene rings is 2. The number of hydrogen-bond acceptors (Lipinski definition) is 3. The van der Waals surface area contributed by atoms with Gasteiger partial charge in [0, 0.05) is 0 Å². The molecule has 20 heavy (non-hydrogen) atoms. The van der Waals surface area contributed by atoms with Gasteiger partial charge in [-0.3, -0.25) is 0 Å². The van der Waals surface area contributed by atoms with Crippen molar-refractivity contribution in [3.63, 3.8) is 0 Å². The van der Waals surface area contributed by atoms with Gasteiger partial charge in [-0.2, -0.15) is 0 Å².